The van der Waals surface area contributed by atoms with Gasteiger partial charge in [0.05, 0.1) is 0 Å². The SMILES string of the molecule is CC/C=C\C/C=C\C/C=C\C/C=C\CCCCCCCCCCC(=O)OC(COC(=O)CCCCCCCCCC)COC(=O)CCCCCCCCCCCC/C=C\C/C=C\C/C=C\CCCCCCC. The van der Waals surface area contributed by atoms with E-state index >= 15 is 0 Å². The molecule has 0 N–H and O–H groups in total. The van der Waals surface area contributed by atoms with Gasteiger partial charge in [0.1, 0.15) is 13.2 Å². The molecule has 0 fully saturated rings. The van der Waals surface area contributed by atoms with Crippen LogP contribution in [0.4, 0.5) is 0 Å². The summed E-state index contributed by atoms with van der Waals surface area (Å²) in [5, 5.41) is 0. The number of carbonyl (C=O) groups excluding carboxylic acids is 3. The maximum absolute atomic E-state index is 12.9. The average Bonchev–Trinajstić information content (AvgIpc) is 3.38. The Kier molecular flexibility index (Phi) is 57.3. The third-order valence-electron chi connectivity index (χ3n) is 13.1. The van der Waals surface area contributed by atoms with Crippen molar-refractivity contribution in [3.63, 3.8) is 0 Å². The quantitative estimate of drug-likeness (QED) is 0.0261. The molecule has 0 rings (SSSR count). The first kappa shape index (κ1) is 68.6. The molecule has 0 heterocycles. The molecule has 1 unspecified atom stereocenters. The van der Waals surface area contributed by atoms with Crippen LogP contribution in [0.5, 0.6) is 0 Å². The Balaban J connectivity index is 4.22. The molecule has 0 radical (unpaired) electrons. The average molecular weight is 1000 g/mol. The van der Waals surface area contributed by atoms with Crippen LogP contribution in [0, 0.1) is 0 Å². The third-order valence-corrected chi connectivity index (χ3v) is 13.1. The van der Waals surface area contributed by atoms with E-state index in [-0.39, 0.29) is 31.1 Å². The van der Waals surface area contributed by atoms with E-state index in [1.165, 1.54) is 154 Å². The fourth-order valence-electron chi connectivity index (χ4n) is 8.56. The lowest BCUT2D eigenvalue weighted by Gasteiger charge is -2.18. The van der Waals surface area contributed by atoms with Crippen LogP contribution in [0.2, 0.25) is 0 Å². The van der Waals surface area contributed by atoms with Gasteiger partial charge < -0.3 is 14.2 Å². The summed E-state index contributed by atoms with van der Waals surface area (Å²) in [6, 6.07) is 0. The minimum absolute atomic E-state index is 0.0795. The number of ether oxygens (including phenoxy) is 3. The van der Waals surface area contributed by atoms with Crippen molar-refractivity contribution >= 4 is 17.9 Å². The van der Waals surface area contributed by atoms with Crippen LogP contribution in [0.3, 0.4) is 0 Å². The van der Waals surface area contributed by atoms with Crippen LogP contribution in [0.1, 0.15) is 297 Å². The Morgan fingerprint density at radius 2 is 0.542 bits per heavy atom. The Bertz CT molecular complexity index is 1380. The Morgan fingerprint density at radius 3 is 0.847 bits per heavy atom. The number of allylic oxidation sites excluding steroid dienone is 14. The first-order valence-corrected chi connectivity index (χ1v) is 30.6. The molecule has 0 aliphatic carbocycles. The van der Waals surface area contributed by atoms with Crippen LogP contribution in [0.25, 0.3) is 0 Å². The molecule has 0 aliphatic heterocycles. The van der Waals surface area contributed by atoms with Crippen molar-refractivity contribution in [2.45, 2.75) is 303 Å². The van der Waals surface area contributed by atoms with Gasteiger partial charge in [-0.25, -0.2) is 0 Å². The van der Waals surface area contributed by atoms with Gasteiger partial charge in [-0.05, 0) is 96.3 Å². The second-order valence-corrected chi connectivity index (χ2v) is 20.2. The molecule has 0 spiro atoms. The van der Waals surface area contributed by atoms with Crippen molar-refractivity contribution in [1.29, 1.82) is 0 Å². The van der Waals surface area contributed by atoms with E-state index in [1.807, 2.05) is 0 Å². The number of hydrogen-bond acceptors (Lipinski definition) is 6. The molecular formula is C66H114O6. The van der Waals surface area contributed by atoms with Crippen LogP contribution in [0.15, 0.2) is 85.1 Å². The number of rotatable bonds is 55. The second-order valence-electron chi connectivity index (χ2n) is 20.2. The highest BCUT2D eigenvalue weighted by molar-refractivity contribution is 5.71. The minimum atomic E-state index is -0.781. The zero-order valence-electron chi connectivity index (χ0n) is 47.4. The van der Waals surface area contributed by atoms with E-state index in [9.17, 15) is 14.4 Å². The predicted octanol–water partition coefficient (Wildman–Crippen LogP) is 20.7. The van der Waals surface area contributed by atoms with Gasteiger partial charge in [-0.15, -0.1) is 0 Å². The number of hydrogen-bond donors (Lipinski definition) is 0. The lowest BCUT2D eigenvalue weighted by molar-refractivity contribution is -0.167. The smallest absolute Gasteiger partial charge is 0.306 e. The van der Waals surface area contributed by atoms with Crippen LogP contribution in [-0.4, -0.2) is 37.2 Å². The van der Waals surface area contributed by atoms with E-state index in [1.54, 1.807) is 0 Å². The molecule has 6 heteroatoms. The first-order chi connectivity index (χ1) is 35.5. The van der Waals surface area contributed by atoms with E-state index in [4.69, 9.17) is 14.2 Å². The molecule has 414 valence electrons. The largest absolute Gasteiger partial charge is 0.462 e. The Hall–Kier alpha value is -3.41. The zero-order chi connectivity index (χ0) is 52.2. The third kappa shape index (κ3) is 57.5. The fraction of sp³-hybridized carbons (Fsp3) is 0.742. The molecule has 0 aromatic rings. The van der Waals surface area contributed by atoms with Crippen molar-refractivity contribution in [1.82, 2.24) is 0 Å². The van der Waals surface area contributed by atoms with Gasteiger partial charge in [0, 0.05) is 19.3 Å². The first-order valence-electron chi connectivity index (χ1n) is 30.6. The summed E-state index contributed by atoms with van der Waals surface area (Å²) in [6.45, 7) is 6.50. The van der Waals surface area contributed by atoms with Gasteiger partial charge in [-0.3, -0.25) is 14.4 Å². The fourth-order valence-corrected chi connectivity index (χ4v) is 8.56. The summed E-state index contributed by atoms with van der Waals surface area (Å²) >= 11 is 0. The number of esters is 3. The highest BCUT2D eigenvalue weighted by Crippen LogP contribution is 2.16. The topological polar surface area (TPSA) is 78.9 Å². The summed E-state index contributed by atoms with van der Waals surface area (Å²) in [4.78, 5) is 38.1. The van der Waals surface area contributed by atoms with E-state index < -0.39 is 6.10 Å². The van der Waals surface area contributed by atoms with Gasteiger partial charge in [-0.1, -0.05) is 266 Å². The molecule has 0 bridgehead atoms. The Morgan fingerprint density at radius 1 is 0.292 bits per heavy atom. The number of unbranched alkanes of at least 4 members (excludes halogenated alkanes) is 30. The van der Waals surface area contributed by atoms with Crippen LogP contribution < -0.4 is 0 Å². The maximum Gasteiger partial charge on any atom is 0.306 e. The maximum atomic E-state index is 12.9. The molecule has 0 aromatic heterocycles. The van der Waals surface area contributed by atoms with E-state index in [2.05, 4.69) is 106 Å². The van der Waals surface area contributed by atoms with Gasteiger partial charge in [0.25, 0.3) is 0 Å². The highest BCUT2D eigenvalue weighted by atomic mass is 16.6. The predicted molar refractivity (Wildman–Crippen MR) is 311 cm³/mol. The van der Waals surface area contributed by atoms with Gasteiger partial charge in [0.2, 0.25) is 0 Å². The van der Waals surface area contributed by atoms with Gasteiger partial charge >= 0.3 is 17.9 Å². The molecule has 0 saturated carbocycles. The highest BCUT2D eigenvalue weighted by Gasteiger charge is 2.19. The van der Waals surface area contributed by atoms with E-state index in [0.29, 0.717) is 19.3 Å². The van der Waals surface area contributed by atoms with Crippen molar-refractivity contribution in [3.05, 3.63) is 85.1 Å². The van der Waals surface area contributed by atoms with Gasteiger partial charge in [0.15, 0.2) is 6.10 Å². The second kappa shape index (κ2) is 60.1. The molecular weight excluding hydrogens is 889 g/mol. The molecule has 72 heavy (non-hydrogen) atoms. The summed E-state index contributed by atoms with van der Waals surface area (Å²) in [5.74, 6) is -0.888. The van der Waals surface area contributed by atoms with Crippen molar-refractivity contribution in [2.24, 2.45) is 0 Å². The number of carbonyl (C=O) groups is 3. The lowest BCUT2D eigenvalue weighted by atomic mass is 10.1. The molecule has 0 saturated heterocycles. The van der Waals surface area contributed by atoms with Crippen molar-refractivity contribution in [3.8, 4) is 0 Å². The van der Waals surface area contributed by atoms with E-state index in [0.717, 1.165) is 103 Å². The lowest BCUT2D eigenvalue weighted by Crippen LogP contribution is -2.30. The van der Waals surface area contributed by atoms with Crippen molar-refractivity contribution < 1.29 is 28.6 Å². The summed E-state index contributed by atoms with van der Waals surface area (Å²) < 4.78 is 16.8. The van der Waals surface area contributed by atoms with Crippen LogP contribution in [-0.2, 0) is 28.6 Å². The standard InChI is InChI=1S/C66H114O6/c1-4-7-10-13-16-19-21-23-25-27-29-31-32-33-34-36-37-39-41-43-45-47-50-53-56-59-65(68)71-62-63(61-70-64(67)58-55-52-49-18-15-12-9-6-3)72-66(69)60-57-54-51-48-46-44-42-40-38-35-30-28-26-24-22-20-17-14-11-8-5-2/h8,11,17,20-21,23-24,26-27,29-30,32-33,35,63H,4-7,9-10,12-16,18-19,22,25,28,31,34,36-62H2,1-3H3/b11-8-,20-17-,23-21-,26-24-,29-27-,33-32-,35-30-. The minimum Gasteiger partial charge on any atom is -0.462 e. The summed E-state index contributed by atoms with van der Waals surface area (Å²) in [6.07, 6.45) is 78.8. The molecule has 0 aliphatic rings. The molecule has 6 nitrogen and oxygen atoms in total. The Labute approximate surface area is 445 Å². The molecule has 0 aromatic carbocycles. The normalized spacial score (nSPS) is 12.7. The summed E-state index contributed by atoms with van der Waals surface area (Å²) in [7, 11) is 0. The molecule has 1 atom stereocenters. The molecule has 0 amide bonds. The summed E-state index contributed by atoms with van der Waals surface area (Å²) in [5.41, 5.74) is 0. The monoisotopic (exact) mass is 1000 g/mol. The van der Waals surface area contributed by atoms with Crippen LogP contribution >= 0.6 is 0 Å². The zero-order valence-corrected chi connectivity index (χ0v) is 47.4. The van der Waals surface area contributed by atoms with Gasteiger partial charge in [-0.2, -0.15) is 0 Å². The van der Waals surface area contributed by atoms with Crippen molar-refractivity contribution in [2.75, 3.05) is 13.2 Å².